The van der Waals surface area contributed by atoms with Crippen LogP contribution >= 0.6 is 11.6 Å². The molecule has 4 rings (SSSR count). The third kappa shape index (κ3) is 5.33. The number of hydrogen-bond donors (Lipinski definition) is 2. The van der Waals surface area contributed by atoms with E-state index < -0.39 is 6.10 Å². The Labute approximate surface area is 204 Å². The molecule has 4 aromatic rings. The minimum Gasteiger partial charge on any atom is -0.491 e. The van der Waals surface area contributed by atoms with E-state index in [4.69, 9.17) is 16.3 Å². The van der Waals surface area contributed by atoms with Gasteiger partial charge in [-0.1, -0.05) is 41.4 Å². The summed E-state index contributed by atoms with van der Waals surface area (Å²) in [6.07, 6.45) is -0.672. The van der Waals surface area contributed by atoms with Gasteiger partial charge in [-0.3, -0.25) is 4.79 Å². The Morgan fingerprint density at radius 2 is 1.76 bits per heavy atom. The first-order valence-corrected chi connectivity index (χ1v) is 11.7. The topological polar surface area (TPSA) is 63.5 Å². The maximum Gasteiger partial charge on any atom is 0.162 e. The van der Waals surface area contributed by atoms with Crippen LogP contribution in [-0.2, 0) is 6.54 Å². The number of fused-ring (bicyclic) bond motifs is 1. The Balaban J connectivity index is 1.47. The van der Waals surface area contributed by atoms with Crippen molar-refractivity contribution in [3.05, 3.63) is 94.1 Å². The summed E-state index contributed by atoms with van der Waals surface area (Å²) >= 11 is 5.91. The van der Waals surface area contributed by atoms with Crippen LogP contribution in [-0.4, -0.2) is 34.7 Å². The summed E-state index contributed by atoms with van der Waals surface area (Å²) in [4.78, 5) is 12.5. The monoisotopic (exact) mass is 476 g/mol. The molecule has 34 heavy (non-hydrogen) atoms. The quantitative estimate of drug-likeness (QED) is 0.307. The highest BCUT2D eigenvalue weighted by Crippen LogP contribution is 2.32. The molecule has 1 aromatic heterocycles. The van der Waals surface area contributed by atoms with E-state index in [9.17, 15) is 9.90 Å². The summed E-state index contributed by atoms with van der Waals surface area (Å²) in [6, 6.07) is 21.6. The van der Waals surface area contributed by atoms with Crippen molar-refractivity contribution in [2.24, 2.45) is 0 Å². The lowest BCUT2D eigenvalue weighted by Crippen LogP contribution is -2.31. The van der Waals surface area contributed by atoms with Crippen LogP contribution in [0, 0.1) is 13.8 Å². The second-order valence-corrected chi connectivity index (χ2v) is 9.03. The molecule has 0 amide bonds. The van der Waals surface area contributed by atoms with E-state index in [1.807, 2.05) is 49.4 Å². The summed E-state index contributed by atoms with van der Waals surface area (Å²) in [7, 11) is 0. The maximum atomic E-state index is 12.5. The fourth-order valence-electron chi connectivity index (χ4n) is 4.20. The lowest BCUT2D eigenvalue weighted by molar-refractivity contribution is 0.101. The number of benzene rings is 3. The van der Waals surface area contributed by atoms with Gasteiger partial charge < -0.3 is 19.7 Å². The number of aliphatic hydroxyl groups is 1. The number of aromatic nitrogens is 1. The molecule has 0 radical (unpaired) electrons. The Hall–Kier alpha value is -3.12. The molecule has 176 valence electrons. The number of halogens is 1. The minimum atomic E-state index is -0.672. The van der Waals surface area contributed by atoms with E-state index in [1.165, 1.54) is 5.56 Å². The van der Waals surface area contributed by atoms with Gasteiger partial charge in [-0.25, -0.2) is 0 Å². The highest BCUT2D eigenvalue weighted by molar-refractivity contribution is 6.30. The van der Waals surface area contributed by atoms with Gasteiger partial charge >= 0.3 is 0 Å². The lowest BCUT2D eigenvalue weighted by atomic mass is 10.1. The Bertz CT molecular complexity index is 1290. The number of hydrogen-bond acceptors (Lipinski definition) is 4. The number of rotatable bonds is 9. The SMILES string of the molecule is CC(=O)c1c(C)n(-c2ccc(C)cc2)c2ccc(OC[C@@H](O)CNCc3ccc(Cl)cc3)cc12. The number of aliphatic hydroxyl groups excluding tert-OH is 1. The molecule has 5 nitrogen and oxygen atoms in total. The first-order chi connectivity index (χ1) is 16.3. The summed E-state index contributed by atoms with van der Waals surface area (Å²) < 4.78 is 7.97. The van der Waals surface area contributed by atoms with Gasteiger partial charge in [0.25, 0.3) is 0 Å². The van der Waals surface area contributed by atoms with Crippen molar-refractivity contribution in [2.45, 2.75) is 33.4 Å². The molecular formula is C28H29ClN2O3. The number of nitrogens with zero attached hydrogens (tertiary/aromatic N) is 1. The van der Waals surface area contributed by atoms with Crippen molar-refractivity contribution in [1.29, 1.82) is 0 Å². The van der Waals surface area contributed by atoms with Gasteiger partial charge in [0.1, 0.15) is 18.5 Å². The van der Waals surface area contributed by atoms with Gasteiger partial charge in [-0.05, 0) is 68.8 Å². The second kappa shape index (κ2) is 10.4. The zero-order chi connectivity index (χ0) is 24.2. The summed E-state index contributed by atoms with van der Waals surface area (Å²) in [5.74, 6) is 0.629. The molecule has 0 spiro atoms. The molecule has 3 aromatic carbocycles. The second-order valence-electron chi connectivity index (χ2n) is 8.59. The van der Waals surface area contributed by atoms with Gasteiger partial charge in [-0.2, -0.15) is 0 Å². The zero-order valence-electron chi connectivity index (χ0n) is 19.6. The standard InChI is InChI=1S/C28H29ClN2O3/c1-18-4-10-23(11-5-18)31-19(2)28(20(3)32)26-14-25(12-13-27(26)31)34-17-24(33)16-30-15-21-6-8-22(29)9-7-21/h4-14,24,30,33H,15-17H2,1-3H3/t24-/m0/s1. The molecule has 0 unspecified atom stereocenters. The normalized spacial score (nSPS) is 12.1. The van der Waals surface area contributed by atoms with Gasteiger partial charge in [0.15, 0.2) is 5.78 Å². The van der Waals surface area contributed by atoms with Crippen LogP contribution in [0.5, 0.6) is 5.75 Å². The van der Waals surface area contributed by atoms with Crippen molar-refractivity contribution < 1.29 is 14.6 Å². The summed E-state index contributed by atoms with van der Waals surface area (Å²) in [5, 5.41) is 15.1. The largest absolute Gasteiger partial charge is 0.491 e. The van der Waals surface area contributed by atoms with E-state index in [-0.39, 0.29) is 12.4 Å². The molecule has 0 saturated carbocycles. The minimum absolute atomic E-state index is 0.0111. The summed E-state index contributed by atoms with van der Waals surface area (Å²) in [5.41, 5.74) is 5.82. The molecule has 0 aliphatic heterocycles. The predicted octanol–water partition coefficient (Wildman–Crippen LogP) is 5.63. The fourth-order valence-corrected chi connectivity index (χ4v) is 4.32. The number of carbonyl (C=O) groups excluding carboxylic acids is 1. The van der Waals surface area contributed by atoms with Gasteiger partial charge in [0, 0.05) is 40.4 Å². The molecule has 0 saturated heterocycles. The van der Waals surface area contributed by atoms with Crippen LogP contribution in [0.25, 0.3) is 16.6 Å². The molecule has 0 fully saturated rings. The molecule has 0 aliphatic rings. The molecule has 2 N–H and O–H groups in total. The van der Waals surface area contributed by atoms with Crippen molar-refractivity contribution in [2.75, 3.05) is 13.2 Å². The average molecular weight is 477 g/mol. The molecule has 1 heterocycles. The van der Waals surface area contributed by atoms with Crippen molar-refractivity contribution in [3.8, 4) is 11.4 Å². The van der Waals surface area contributed by atoms with Crippen LogP contribution < -0.4 is 10.1 Å². The number of ether oxygens (including phenoxy) is 1. The highest BCUT2D eigenvalue weighted by atomic mass is 35.5. The van der Waals surface area contributed by atoms with E-state index in [2.05, 4.69) is 41.1 Å². The van der Waals surface area contributed by atoms with E-state index in [0.717, 1.165) is 27.8 Å². The molecule has 6 heteroatoms. The maximum absolute atomic E-state index is 12.5. The van der Waals surface area contributed by atoms with Crippen LogP contribution in [0.1, 0.15) is 34.1 Å². The molecule has 0 aliphatic carbocycles. The Morgan fingerprint density at radius 1 is 1.06 bits per heavy atom. The van der Waals surface area contributed by atoms with E-state index in [1.54, 1.807) is 6.92 Å². The van der Waals surface area contributed by atoms with Gasteiger partial charge in [0.05, 0.1) is 5.52 Å². The number of nitrogens with one attached hydrogen (secondary N) is 1. The van der Waals surface area contributed by atoms with E-state index >= 15 is 0 Å². The third-order valence-corrected chi connectivity index (χ3v) is 6.14. The van der Waals surface area contributed by atoms with Gasteiger partial charge in [0.2, 0.25) is 0 Å². The molecule has 1 atom stereocenters. The average Bonchev–Trinajstić information content (AvgIpc) is 3.11. The first kappa shape index (κ1) is 24.0. The van der Waals surface area contributed by atoms with E-state index in [0.29, 0.717) is 29.4 Å². The Morgan fingerprint density at radius 3 is 2.44 bits per heavy atom. The lowest BCUT2D eigenvalue weighted by Gasteiger charge is -2.14. The van der Waals surface area contributed by atoms with Crippen LogP contribution in [0.2, 0.25) is 5.02 Å². The fraction of sp³-hybridized carbons (Fsp3) is 0.250. The summed E-state index contributed by atoms with van der Waals surface area (Å²) in [6.45, 7) is 6.78. The molecule has 0 bridgehead atoms. The molecular weight excluding hydrogens is 448 g/mol. The van der Waals surface area contributed by atoms with Crippen molar-refractivity contribution in [1.82, 2.24) is 9.88 Å². The van der Waals surface area contributed by atoms with Crippen LogP contribution in [0.4, 0.5) is 0 Å². The number of aryl methyl sites for hydroxylation is 1. The smallest absolute Gasteiger partial charge is 0.162 e. The van der Waals surface area contributed by atoms with Crippen LogP contribution in [0.15, 0.2) is 66.7 Å². The van der Waals surface area contributed by atoms with Crippen molar-refractivity contribution in [3.63, 3.8) is 0 Å². The number of carbonyl (C=O) groups is 1. The van der Waals surface area contributed by atoms with Gasteiger partial charge in [-0.15, -0.1) is 0 Å². The van der Waals surface area contributed by atoms with Crippen molar-refractivity contribution >= 4 is 28.3 Å². The predicted molar refractivity (Wildman–Crippen MR) is 137 cm³/mol. The first-order valence-electron chi connectivity index (χ1n) is 11.3. The number of ketones is 1. The number of Topliss-reactive ketones (excluding diaryl/α,β-unsaturated/α-hetero) is 1. The Kier molecular flexibility index (Phi) is 7.37. The highest BCUT2D eigenvalue weighted by Gasteiger charge is 2.19. The zero-order valence-corrected chi connectivity index (χ0v) is 20.4. The van der Waals surface area contributed by atoms with Crippen LogP contribution in [0.3, 0.4) is 0 Å². The third-order valence-electron chi connectivity index (χ3n) is 5.88.